The fraction of sp³-hybridized carbons (Fsp3) is 0.667. The molecule has 1 saturated carbocycles. The normalized spacial score (nSPS) is 22.7. The van der Waals surface area contributed by atoms with Crippen LogP contribution in [-0.4, -0.2) is 56.2 Å². The number of hydrogen-bond acceptors (Lipinski definition) is 8. The average Bonchev–Trinajstić information content (AvgIpc) is 3.27. The number of anilines is 1. The smallest absolute Gasteiger partial charge is 0.324 e. The minimum absolute atomic E-state index is 0.0470. The van der Waals surface area contributed by atoms with Crippen LogP contribution < -0.4 is 9.64 Å². The van der Waals surface area contributed by atoms with Gasteiger partial charge in [0.05, 0.1) is 23.2 Å². The van der Waals surface area contributed by atoms with E-state index >= 15 is 0 Å². The Bertz CT molecular complexity index is 1080. The van der Waals surface area contributed by atoms with Crippen LogP contribution in [-0.2, 0) is 20.0 Å². The van der Waals surface area contributed by atoms with E-state index in [9.17, 15) is 12.8 Å². The Morgan fingerprint density at radius 1 is 1.03 bits per heavy atom. The molecule has 0 N–H and O–H groups in total. The molecule has 0 unspecified atom stereocenters. The number of nitrogens with zero attached hydrogens (tertiary/aromatic N) is 3. The van der Waals surface area contributed by atoms with E-state index in [1.807, 2.05) is 0 Å². The number of benzene rings is 1. The highest BCUT2D eigenvalue weighted by Crippen LogP contribution is 2.30. The Morgan fingerprint density at radius 2 is 1.65 bits per heavy atom. The van der Waals surface area contributed by atoms with Gasteiger partial charge in [-0.3, -0.25) is 0 Å². The molecule has 0 radical (unpaired) electrons. The van der Waals surface area contributed by atoms with Crippen LogP contribution in [0.15, 0.2) is 27.6 Å². The number of halogens is 1. The van der Waals surface area contributed by atoms with Gasteiger partial charge in [0.2, 0.25) is 0 Å². The molecule has 2 fully saturated rings. The minimum Gasteiger partial charge on any atom is -0.487 e. The van der Waals surface area contributed by atoms with E-state index in [-0.39, 0.29) is 34.4 Å². The van der Waals surface area contributed by atoms with Crippen molar-refractivity contribution < 1.29 is 26.8 Å². The lowest BCUT2D eigenvalue weighted by Crippen LogP contribution is -2.40. The molecular formula is C24H34FN3O5S. The van der Waals surface area contributed by atoms with E-state index in [2.05, 4.69) is 35.8 Å². The second kappa shape index (κ2) is 9.81. The van der Waals surface area contributed by atoms with Gasteiger partial charge in [0, 0.05) is 24.8 Å². The maximum absolute atomic E-state index is 14.3. The zero-order valence-corrected chi connectivity index (χ0v) is 21.1. The first-order chi connectivity index (χ1) is 16.0. The van der Waals surface area contributed by atoms with Crippen molar-refractivity contribution in [3.63, 3.8) is 0 Å². The summed E-state index contributed by atoms with van der Waals surface area (Å²) >= 11 is 0. The summed E-state index contributed by atoms with van der Waals surface area (Å²) in [6, 6.07) is 4.38. The molecule has 0 spiro atoms. The SMILES string of the molecule is CC(C)(C)c1noc(N2CCC(O[C@H]3CC[C@H](Oc4ccc(S(C)(=O)=O)cc4F)CC3)CC2)n1. The molecule has 1 aromatic heterocycles. The third kappa shape index (κ3) is 6.07. The molecule has 2 aromatic rings. The molecule has 34 heavy (non-hydrogen) atoms. The van der Waals surface area contributed by atoms with Gasteiger partial charge in [0.15, 0.2) is 27.2 Å². The predicted octanol–water partition coefficient (Wildman–Crippen LogP) is 4.29. The minimum atomic E-state index is -3.45. The van der Waals surface area contributed by atoms with Gasteiger partial charge in [-0.05, 0) is 56.7 Å². The lowest BCUT2D eigenvalue weighted by Gasteiger charge is -2.35. The highest BCUT2D eigenvalue weighted by Gasteiger charge is 2.30. The molecule has 10 heteroatoms. The van der Waals surface area contributed by atoms with Gasteiger partial charge in [0.25, 0.3) is 0 Å². The molecule has 4 rings (SSSR count). The summed E-state index contributed by atoms with van der Waals surface area (Å²) in [5.74, 6) is 0.162. The summed E-state index contributed by atoms with van der Waals surface area (Å²) in [6.45, 7) is 7.82. The Kier molecular flexibility index (Phi) is 7.19. The number of piperidine rings is 1. The average molecular weight is 496 g/mol. The number of ether oxygens (including phenoxy) is 2. The number of sulfone groups is 1. The Hall–Kier alpha value is -2.20. The Labute approximate surface area is 200 Å². The second-order valence-electron chi connectivity index (χ2n) is 10.4. The van der Waals surface area contributed by atoms with Gasteiger partial charge in [-0.15, -0.1) is 0 Å². The number of rotatable bonds is 6. The maximum atomic E-state index is 14.3. The summed E-state index contributed by atoms with van der Waals surface area (Å²) < 4.78 is 55.1. The molecule has 0 bridgehead atoms. The molecule has 0 amide bonds. The van der Waals surface area contributed by atoms with E-state index in [1.165, 1.54) is 12.1 Å². The molecule has 1 aromatic carbocycles. The van der Waals surface area contributed by atoms with Crippen LogP contribution >= 0.6 is 0 Å². The van der Waals surface area contributed by atoms with Crippen LogP contribution in [0.25, 0.3) is 0 Å². The van der Waals surface area contributed by atoms with Gasteiger partial charge in [-0.2, -0.15) is 4.98 Å². The third-order valence-electron chi connectivity index (χ3n) is 6.43. The van der Waals surface area contributed by atoms with Gasteiger partial charge in [-0.25, -0.2) is 12.8 Å². The highest BCUT2D eigenvalue weighted by atomic mass is 32.2. The van der Waals surface area contributed by atoms with Crippen molar-refractivity contribution in [2.45, 2.75) is 87.9 Å². The molecule has 1 aliphatic heterocycles. The molecular weight excluding hydrogens is 461 g/mol. The topological polar surface area (TPSA) is 94.8 Å². The van der Waals surface area contributed by atoms with Crippen LogP contribution in [0.4, 0.5) is 10.4 Å². The zero-order valence-electron chi connectivity index (χ0n) is 20.3. The van der Waals surface area contributed by atoms with Gasteiger partial charge in [0.1, 0.15) is 0 Å². The Morgan fingerprint density at radius 3 is 2.21 bits per heavy atom. The molecule has 1 saturated heterocycles. The quantitative estimate of drug-likeness (QED) is 0.586. The van der Waals surface area contributed by atoms with Crippen molar-refractivity contribution >= 4 is 15.9 Å². The van der Waals surface area contributed by atoms with Crippen molar-refractivity contribution in [3.05, 3.63) is 29.8 Å². The lowest BCUT2D eigenvalue weighted by atomic mass is 9.94. The molecule has 0 atom stereocenters. The fourth-order valence-electron chi connectivity index (χ4n) is 4.38. The first-order valence-corrected chi connectivity index (χ1v) is 13.8. The Balaban J connectivity index is 1.21. The van der Waals surface area contributed by atoms with Gasteiger partial charge >= 0.3 is 6.01 Å². The summed E-state index contributed by atoms with van der Waals surface area (Å²) in [5.41, 5.74) is -0.142. The van der Waals surface area contributed by atoms with Crippen molar-refractivity contribution in [2.75, 3.05) is 24.2 Å². The summed E-state index contributed by atoms with van der Waals surface area (Å²) in [4.78, 5) is 6.62. The lowest BCUT2D eigenvalue weighted by molar-refractivity contribution is -0.0532. The van der Waals surface area contributed by atoms with E-state index in [1.54, 1.807) is 0 Å². The van der Waals surface area contributed by atoms with Crippen LogP contribution in [0.5, 0.6) is 5.75 Å². The van der Waals surface area contributed by atoms with Gasteiger partial charge in [-0.1, -0.05) is 25.9 Å². The number of hydrogen-bond donors (Lipinski definition) is 0. The largest absolute Gasteiger partial charge is 0.487 e. The molecule has 2 heterocycles. The van der Waals surface area contributed by atoms with E-state index < -0.39 is 15.7 Å². The summed E-state index contributed by atoms with van der Waals surface area (Å²) in [5, 5.41) is 4.11. The van der Waals surface area contributed by atoms with Crippen LogP contribution in [0, 0.1) is 5.82 Å². The van der Waals surface area contributed by atoms with Crippen LogP contribution in [0.3, 0.4) is 0 Å². The van der Waals surface area contributed by atoms with E-state index in [4.69, 9.17) is 14.0 Å². The molecule has 1 aliphatic carbocycles. The van der Waals surface area contributed by atoms with Crippen LogP contribution in [0.1, 0.15) is 65.1 Å². The predicted molar refractivity (Wildman–Crippen MR) is 125 cm³/mol. The second-order valence-corrected chi connectivity index (χ2v) is 12.4. The van der Waals surface area contributed by atoms with E-state index in [0.717, 1.165) is 63.9 Å². The van der Waals surface area contributed by atoms with Gasteiger partial charge < -0.3 is 18.9 Å². The first kappa shape index (κ1) is 24.9. The van der Waals surface area contributed by atoms with Crippen molar-refractivity contribution in [1.82, 2.24) is 10.1 Å². The van der Waals surface area contributed by atoms with Crippen molar-refractivity contribution in [2.24, 2.45) is 0 Å². The number of aromatic nitrogens is 2. The molecule has 8 nitrogen and oxygen atoms in total. The fourth-order valence-corrected chi connectivity index (χ4v) is 5.01. The van der Waals surface area contributed by atoms with E-state index in [0.29, 0.717) is 11.8 Å². The zero-order chi connectivity index (χ0) is 24.5. The summed E-state index contributed by atoms with van der Waals surface area (Å²) in [7, 11) is -3.45. The molecule has 188 valence electrons. The maximum Gasteiger partial charge on any atom is 0.324 e. The van der Waals surface area contributed by atoms with Crippen LogP contribution in [0.2, 0.25) is 0 Å². The third-order valence-corrected chi connectivity index (χ3v) is 7.54. The standard InChI is InChI=1S/C24H34FN3O5S/c1-24(2,3)22-26-23(33-27-22)28-13-11-18(12-14-28)31-16-5-7-17(8-6-16)32-21-10-9-19(15-20(21)25)34(4,29)30/h9-10,15-18H,5-8,11-14H2,1-4H3/t16-,17-. The van der Waals surface area contributed by atoms with Crippen molar-refractivity contribution in [1.29, 1.82) is 0 Å². The monoisotopic (exact) mass is 495 g/mol. The highest BCUT2D eigenvalue weighted by molar-refractivity contribution is 7.90. The van der Waals surface area contributed by atoms with Crippen molar-refractivity contribution in [3.8, 4) is 5.75 Å². The first-order valence-electron chi connectivity index (χ1n) is 11.9. The summed E-state index contributed by atoms with van der Waals surface area (Å²) in [6.07, 6.45) is 6.39. The molecule has 2 aliphatic rings.